The molecular formula is C12H19F4NO3. The van der Waals surface area contributed by atoms with Crippen molar-refractivity contribution in [3.05, 3.63) is 0 Å². The Hall–Kier alpha value is -1.05. The standard InChI is InChI=1S/C12H19F4NO3/c1-10(2,3)20-9(18)17-6-4-11(13,5-7-17)8-19-12(14,15)16/h4-8H2,1-3H3. The summed E-state index contributed by atoms with van der Waals surface area (Å²) in [7, 11) is 0. The third-order valence-corrected chi connectivity index (χ3v) is 2.81. The fraction of sp³-hybridized carbons (Fsp3) is 0.917. The zero-order valence-corrected chi connectivity index (χ0v) is 11.7. The molecule has 0 spiro atoms. The van der Waals surface area contributed by atoms with Crippen LogP contribution in [-0.2, 0) is 9.47 Å². The third-order valence-electron chi connectivity index (χ3n) is 2.81. The number of ether oxygens (including phenoxy) is 2. The highest BCUT2D eigenvalue weighted by Gasteiger charge is 2.41. The van der Waals surface area contributed by atoms with E-state index in [0.29, 0.717) is 0 Å². The van der Waals surface area contributed by atoms with Gasteiger partial charge in [-0.3, -0.25) is 4.74 Å². The number of hydrogen-bond acceptors (Lipinski definition) is 3. The molecule has 1 fully saturated rings. The van der Waals surface area contributed by atoms with Crippen LogP contribution in [0.2, 0.25) is 0 Å². The minimum Gasteiger partial charge on any atom is -0.444 e. The van der Waals surface area contributed by atoms with Crippen LogP contribution in [0, 0.1) is 0 Å². The normalized spacial score (nSPS) is 19.9. The Kier molecular flexibility index (Phi) is 4.89. The Morgan fingerprint density at radius 2 is 1.70 bits per heavy atom. The number of carbonyl (C=O) groups is 1. The van der Waals surface area contributed by atoms with E-state index in [4.69, 9.17) is 4.74 Å². The molecular weight excluding hydrogens is 282 g/mol. The van der Waals surface area contributed by atoms with Crippen LogP contribution < -0.4 is 0 Å². The number of halogens is 4. The van der Waals surface area contributed by atoms with E-state index >= 15 is 0 Å². The number of rotatable bonds is 2. The number of carbonyl (C=O) groups excluding carboxylic acids is 1. The molecule has 0 N–H and O–H groups in total. The van der Waals surface area contributed by atoms with Gasteiger partial charge in [-0.2, -0.15) is 0 Å². The number of alkyl halides is 4. The number of nitrogens with zero attached hydrogens (tertiary/aromatic N) is 1. The van der Waals surface area contributed by atoms with E-state index in [1.807, 2.05) is 0 Å². The minimum absolute atomic E-state index is 0.00658. The van der Waals surface area contributed by atoms with Crippen molar-refractivity contribution in [2.24, 2.45) is 0 Å². The van der Waals surface area contributed by atoms with E-state index in [0.717, 1.165) is 0 Å². The second-order valence-electron chi connectivity index (χ2n) is 5.85. The van der Waals surface area contributed by atoms with Crippen LogP contribution >= 0.6 is 0 Å². The number of likely N-dealkylation sites (tertiary alicyclic amines) is 1. The van der Waals surface area contributed by atoms with Gasteiger partial charge >= 0.3 is 12.5 Å². The summed E-state index contributed by atoms with van der Waals surface area (Å²) in [4.78, 5) is 13.0. The maximum Gasteiger partial charge on any atom is 0.522 e. The van der Waals surface area contributed by atoms with Crippen molar-refractivity contribution in [3.8, 4) is 0 Å². The molecule has 0 aliphatic carbocycles. The smallest absolute Gasteiger partial charge is 0.444 e. The molecule has 20 heavy (non-hydrogen) atoms. The molecule has 0 bridgehead atoms. The molecule has 0 radical (unpaired) electrons. The minimum atomic E-state index is -4.85. The van der Waals surface area contributed by atoms with Crippen molar-refractivity contribution >= 4 is 6.09 Å². The van der Waals surface area contributed by atoms with Crippen LogP contribution in [0.4, 0.5) is 22.4 Å². The monoisotopic (exact) mass is 301 g/mol. The molecule has 1 aliphatic rings. The van der Waals surface area contributed by atoms with Gasteiger partial charge in [0.15, 0.2) is 0 Å². The van der Waals surface area contributed by atoms with Crippen LogP contribution in [0.25, 0.3) is 0 Å². The van der Waals surface area contributed by atoms with Gasteiger partial charge in [0, 0.05) is 25.9 Å². The average Bonchev–Trinajstić information content (AvgIpc) is 2.24. The summed E-state index contributed by atoms with van der Waals surface area (Å²) in [6.45, 7) is 4.07. The van der Waals surface area contributed by atoms with Crippen LogP contribution in [0.1, 0.15) is 33.6 Å². The Labute approximate surface area is 115 Å². The molecule has 8 heteroatoms. The van der Waals surface area contributed by atoms with Crippen LogP contribution in [-0.4, -0.2) is 48.3 Å². The predicted molar refractivity (Wildman–Crippen MR) is 62.9 cm³/mol. The topological polar surface area (TPSA) is 38.8 Å². The summed E-state index contributed by atoms with van der Waals surface area (Å²) >= 11 is 0. The third kappa shape index (κ3) is 5.94. The predicted octanol–water partition coefficient (Wildman–Crippen LogP) is 3.26. The summed E-state index contributed by atoms with van der Waals surface area (Å²) in [6.07, 6.45) is -5.84. The van der Waals surface area contributed by atoms with E-state index in [2.05, 4.69) is 4.74 Å². The van der Waals surface area contributed by atoms with Crippen molar-refractivity contribution in [1.29, 1.82) is 0 Å². The number of amides is 1. The van der Waals surface area contributed by atoms with E-state index < -0.39 is 30.3 Å². The largest absolute Gasteiger partial charge is 0.522 e. The molecule has 1 amide bonds. The lowest BCUT2D eigenvalue weighted by atomic mass is 9.94. The van der Waals surface area contributed by atoms with E-state index in [9.17, 15) is 22.4 Å². The first-order valence-electron chi connectivity index (χ1n) is 6.28. The van der Waals surface area contributed by atoms with Crippen LogP contribution in [0.5, 0.6) is 0 Å². The molecule has 0 unspecified atom stereocenters. The van der Waals surface area contributed by atoms with E-state index in [-0.39, 0.29) is 25.9 Å². The SMILES string of the molecule is CC(C)(C)OC(=O)N1CCC(F)(COC(F)(F)F)CC1. The first-order chi connectivity index (χ1) is 8.90. The average molecular weight is 301 g/mol. The number of piperidine rings is 1. The Balaban J connectivity index is 2.44. The molecule has 0 aromatic rings. The van der Waals surface area contributed by atoms with Gasteiger partial charge in [-0.25, -0.2) is 9.18 Å². The second-order valence-corrected chi connectivity index (χ2v) is 5.85. The molecule has 4 nitrogen and oxygen atoms in total. The van der Waals surface area contributed by atoms with Gasteiger partial charge in [0.05, 0.1) is 6.61 Å². The quantitative estimate of drug-likeness (QED) is 0.735. The molecule has 1 saturated heterocycles. The first kappa shape index (κ1) is 17.0. The zero-order chi connectivity index (χ0) is 15.6. The Morgan fingerprint density at radius 3 is 2.10 bits per heavy atom. The number of hydrogen-bond donors (Lipinski definition) is 0. The van der Waals surface area contributed by atoms with Gasteiger partial charge in [-0.15, -0.1) is 13.2 Å². The van der Waals surface area contributed by atoms with Crippen LogP contribution in [0.3, 0.4) is 0 Å². The fourth-order valence-corrected chi connectivity index (χ4v) is 1.77. The highest BCUT2D eigenvalue weighted by Crippen LogP contribution is 2.30. The van der Waals surface area contributed by atoms with Crippen LogP contribution in [0.15, 0.2) is 0 Å². The Bertz CT molecular complexity index is 344. The highest BCUT2D eigenvalue weighted by molar-refractivity contribution is 5.68. The van der Waals surface area contributed by atoms with E-state index in [1.165, 1.54) is 4.90 Å². The van der Waals surface area contributed by atoms with Crippen molar-refractivity contribution < 1.29 is 31.8 Å². The van der Waals surface area contributed by atoms with Gasteiger partial charge in [0.2, 0.25) is 0 Å². The van der Waals surface area contributed by atoms with Gasteiger partial charge in [-0.1, -0.05) is 0 Å². The van der Waals surface area contributed by atoms with Crippen molar-refractivity contribution in [1.82, 2.24) is 4.90 Å². The molecule has 0 atom stereocenters. The first-order valence-corrected chi connectivity index (χ1v) is 6.28. The molecule has 0 aromatic carbocycles. The lowest BCUT2D eigenvalue weighted by molar-refractivity contribution is -0.335. The van der Waals surface area contributed by atoms with Gasteiger partial charge in [-0.05, 0) is 20.8 Å². The summed E-state index contributed by atoms with van der Waals surface area (Å²) in [5.74, 6) is 0. The highest BCUT2D eigenvalue weighted by atomic mass is 19.4. The maximum absolute atomic E-state index is 14.1. The molecule has 1 rings (SSSR count). The van der Waals surface area contributed by atoms with Crippen molar-refractivity contribution in [2.45, 2.75) is 51.2 Å². The summed E-state index contributed by atoms with van der Waals surface area (Å²) in [5, 5.41) is 0. The lowest BCUT2D eigenvalue weighted by Crippen LogP contribution is -2.48. The molecule has 0 aromatic heterocycles. The van der Waals surface area contributed by atoms with Gasteiger partial charge in [0.25, 0.3) is 0 Å². The Morgan fingerprint density at radius 1 is 1.20 bits per heavy atom. The molecule has 1 aliphatic heterocycles. The fourth-order valence-electron chi connectivity index (χ4n) is 1.77. The summed E-state index contributed by atoms with van der Waals surface area (Å²) in [6, 6.07) is 0. The van der Waals surface area contributed by atoms with Gasteiger partial charge < -0.3 is 9.64 Å². The second kappa shape index (κ2) is 5.75. The summed E-state index contributed by atoms with van der Waals surface area (Å²) < 4.78 is 58.4. The lowest BCUT2D eigenvalue weighted by Gasteiger charge is -2.36. The summed E-state index contributed by atoms with van der Waals surface area (Å²) in [5.41, 5.74) is -2.73. The maximum atomic E-state index is 14.1. The molecule has 0 saturated carbocycles. The van der Waals surface area contributed by atoms with E-state index in [1.54, 1.807) is 20.8 Å². The molecule has 118 valence electrons. The van der Waals surface area contributed by atoms with Gasteiger partial charge in [0.1, 0.15) is 11.3 Å². The molecule has 1 heterocycles. The van der Waals surface area contributed by atoms with Crippen molar-refractivity contribution in [2.75, 3.05) is 19.7 Å². The zero-order valence-electron chi connectivity index (χ0n) is 11.7. The van der Waals surface area contributed by atoms with Crippen molar-refractivity contribution in [3.63, 3.8) is 0 Å².